The van der Waals surface area contributed by atoms with Crippen molar-refractivity contribution in [2.45, 2.75) is 39.5 Å². The maximum absolute atomic E-state index is 6.16. The first kappa shape index (κ1) is 15.1. The predicted molar refractivity (Wildman–Crippen MR) is 82.3 cm³/mol. The minimum absolute atomic E-state index is 0.354. The van der Waals surface area contributed by atoms with Gasteiger partial charge in [0.05, 0.1) is 26.2 Å². The highest BCUT2D eigenvalue weighted by molar-refractivity contribution is 6.28. The zero-order valence-electron chi connectivity index (χ0n) is 13.0. The molecule has 2 aliphatic heterocycles. The third kappa shape index (κ3) is 3.71. The smallest absolute Gasteiger partial charge is 0.268 e. The summed E-state index contributed by atoms with van der Waals surface area (Å²) in [7, 11) is 0. The Kier molecular flexibility index (Phi) is 4.72. The van der Waals surface area contributed by atoms with Crippen molar-refractivity contribution in [2.75, 3.05) is 26.2 Å². The summed E-state index contributed by atoms with van der Waals surface area (Å²) in [6, 6.07) is 0. The lowest BCUT2D eigenvalue weighted by molar-refractivity contribution is -0.853. The number of hydrogen-bond donors (Lipinski definition) is 2. The molecule has 0 bridgehead atoms. The van der Waals surface area contributed by atoms with Crippen LogP contribution in [0.3, 0.4) is 0 Å². The first-order valence-corrected chi connectivity index (χ1v) is 8.61. The molecule has 1 aromatic heterocycles. The van der Waals surface area contributed by atoms with E-state index >= 15 is 0 Å². The Morgan fingerprint density at radius 1 is 0.762 bits per heavy atom. The van der Waals surface area contributed by atoms with Crippen molar-refractivity contribution in [2.24, 2.45) is 11.8 Å². The molecular weight excluding hydrogens is 286 g/mol. The average Bonchev–Trinajstić information content (AvgIpc) is 2.48. The maximum Gasteiger partial charge on any atom is 0.336 e. The molecule has 2 aliphatic rings. The molecule has 116 valence electrons. The van der Waals surface area contributed by atoms with Crippen molar-refractivity contribution in [3.8, 4) is 0 Å². The van der Waals surface area contributed by atoms with Crippen LogP contribution in [0.2, 0.25) is 5.28 Å². The van der Waals surface area contributed by atoms with Crippen LogP contribution < -0.4 is 9.80 Å². The van der Waals surface area contributed by atoms with Crippen molar-refractivity contribution < 1.29 is 9.80 Å². The molecule has 2 fully saturated rings. The van der Waals surface area contributed by atoms with Gasteiger partial charge in [-0.3, -0.25) is 9.80 Å². The number of aromatic nitrogens is 3. The molecule has 0 radical (unpaired) electrons. The number of hydrogen-bond acceptors (Lipinski definition) is 3. The van der Waals surface area contributed by atoms with Crippen molar-refractivity contribution >= 4 is 23.5 Å². The van der Waals surface area contributed by atoms with Crippen LogP contribution in [-0.4, -0.2) is 41.1 Å². The van der Waals surface area contributed by atoms with Gasteiger partial charge in [0.25, 0.3) is 0 Å². The Balaban J connectivity index is 1.76. The first-order chi connectivity index (χ1) is 10.1. The van der Waals surface area contributed by atoms with E-state index in [4.69, 9.17) is 16.6 Å². The lowest BCUT2D eigenvalue weighted by Gasteiger charge is -2.27. The van der Waals surface area contributed by atoms with Crippen LogP contribution in [0.1, 0.15) is 39.5 Å². The Bertz CT molecular complexity index is 439. The monoisotopic (exact) mass is 311 g/mol. The summed E-state index contributed by atoms with van der Waals surface area (Å²) in [5.41, 5.74) is 0. The predicted octanol–water partition coefficient (Wildman–Crippen LogP) is 0.418. The SMILES string of the molecule is CC1CC[NH+](c2nc(Cl)nc([NH+]3CCC(C)CC3)n2)CC1. The van der Waals surface area contributed by atoms with Crippen molar-refractivity contribution in [1.82, 2.24) is 15.0 Å². The molecular formula is C15H26ClN5+2. The summed E-state index contributed by atoms with van der Waals surface area (Å²) < 4.78 is 0. The van der Waals surface area contributed by atoms with E-state index in [1.807, 2.05) is 0 Å². The fourth-order valence-electron chi connectivity index (χ4n) is 3.33. The van der Waals surface area contributed by atoms with Crippen LogP contribution in [0.15, 0.2) is 0 Å². The molecule has 1 aromatic rings. The molecule has 6 heteroatoms. The van der Waals surface area contributed by atoms with Gasteiger partial charge in [-0.15, -0.1) is 15.0 Å². The molecule has 0 atom stereocenters. The molecule has 0 unspecified atom stereocenters. The molecule has 21 heavy (non-hydrogen) atoms. The van der Waals surface area contributed by atoms with Crippen LogP contribution in [0.5, 0.6) is 0 Å². The second-order valence-corrected chi connectivity index (χ2v) is 7.16. The van der Waals surface area contributed by atoms with Gasteiger partial charge in [-0.1, -0.05) is 13.8 Å². The zero-order chi connectivity index (χ0) is 14.8. The van der Waals surface area contributed by atoms with Gasteiger partial charge in [0.1, 0.15) is 0 Å². The standard InChI is InChI=1S/C15H24ClN5/c1-11-3-7-20(8-4-11)14-17-13(16)18-15(19-14)21-9-5-12(2)6-10-21/h11-12H,3-10H2,1-2H3/p+2. The van der Waals surface area contributed by atoms with Gasteiger partial charge in [-0.05, 0) is 49.1 Å². The Morgan fingerprint density at radius 2 is 1.14 bits per heavy atom. The minimum Gasteiger partial charge on any atom is -0.268 e. The lowest BCUT2D eigenvalue weighted by atomic mass is 9.99. The molecule has 0 saturated carbocycles. The van der Waals surface area contributed by atoms with E-state index in [9.17, 15) is 0 Å². The number of rotatable bonds is 2. The molecule has 2 saturated heterocycles. The highest BCUT2D eigenvalue weighted by atomic mass is 35.5. The lowest BCUT2D eigenvalue weighted by Crippen LogP contribution is -3.10. The van der Waals surface area contributed by atoms with Crippen LogP contribution in [0.4, 0.5) is 11.9 Å². The topological polar surface area (TPSA) is 47.6 Å². The van der Waals surface area contributed by atoms with Crippen molar-refractivity contribution in [3.05, 3.63) is 5.28 Å². The quantitative estimate of drug-likeness (QED) is 0.832. The van der Waals surface area contributed by atoms with Crippen LogP contribution in [-0.2, 0) is 0 Å². The number of halogens is 1. The average molecular weight is 312 g/mol. The molecule has 2 N–H and O–H groups in total. The molecule has 0 aromatic carbocycles. The second kappa shape index (κ2) is 6.55. The fourth-order valence-corrected chi connectivity index (χ4v) is 3.49. The molecule has 0 amide bonds. The van der Waals surface area contributed by atoms with Crippen LogP contribution in [0, 0.1) is 11.8 Å². The Morgan fingerprint density at radius 3 is 1.52 bits per heavy atom. The summed E-state index contributed by atoms with van der Waals surface area (Å²) in [4.78, 5) is 16.2. The largest absolute Gasteiger partial charge is 0.336 e. The third-order valence-corrected chi connectivity index (χ3v) is 5.17. The van der Waals surface area contributed by atoms with Crippen LogP contribution in [0.25, 0.3) is 0 Å². The summed E-state index contributed by atoms with van der Waals surface area (Å²) in [5.74, 6) is 3.34. The van der Waals surface area contributed by atoms with E-state index in [1.165, 1.54) is 35.5 Å². The summed E-state index contributed by atoms with van der Waals surface area (Å²) in [6.45, 7) is 9.06. The second-order valence-electron chi connectivity index (χ2n) is 6.82. The minimum atomic E-state index is 0.354. The van der Waals surface area contributed by atoms with E-state index in [0.29, 0.717) is 5.28 Å². The number of piperidine rings is 2. The highest BCUT2D eigenvalue weighted by Crippen LogP contribution is 2.12. The number of nitrogens with one attached hydrogen (secondary N) is 2. The number of quaternary nitrogens is 2. The summed E-state index contributed by atoms with van der Waals surface area (Å²) >= 11 is 6.16. The fraction of sp³-hybridized carbons (Fsp3) is 0.800. The van der Waals surface area contributed by atoms with Gasteiger partial charge in [0, 0.05) is 0 Å². The van der Waals surface area contributed by atoms with Gasteiger partial charge < -0.3 is 0 Å². The number of nitrogens with zero attached hydrogens (tertiary/aromatic N) is 3. The van der Waals surface area contributed by atoms with Gasteiger partial charge in [-0.25, -0.2) is 0 Å². The summed E-state index contributed by atoms with van der Waals surface area (Å²) in [6.07, 6.45) is 4.95. The van der Waals surface area contributed by atoms with Gasteiger partial charge in [-0.2, -0.15) is 0 Å². The van der Waals surface area contributed by atoms with E-state index < -0.39 is 0 Å². The van der Waals surface area contributed by atoms with Crippen molar-refractivity contribution in [1.29, 1.82) is 0 Å². The van der Waals surface area contributed by atoms with Gasteiger partial charge in [0.2, 0.25) is 5.28 Å². The zero-order valence-corrected chi connectivity index (χ0v) is 13.8. The normalized spacial score (nSPS) is 33.9. The highest BCUT2D eigenvalue weighted by Gasteiger charge is 2.28. The van der Waals surface area contributed by atoms with Crippen LogP contribution >= 0.6 is 11.6 Å². The van der Waals surface area contributed by atoms with E-state index in [0.717, 1.165) is 49.9 Å². The van der Waals surface area contributed by atoms with Gasteiger partial charge >= 0.3 is 11.9 Å². The van der Waals surface area contributed by atoms with E-state index in [1.54, 1.807) is 0 Å². The van der Waals surface area contributed by atoms with E-state index in [2.05, 4.69) is 23.8 Å². The molecule has 0 aliphatic carbocycles. The molecule has 3 heterocycles. The van der Waals surface area contributed by atoms with Crippen molar-refractivity contribution in [3.63, 3.8) is 0 Å². The Labute approximate surface area is 131 Å². The summed E-state index contributed by atoms with van der Waals surface area (Å²) in [5, 5.41) is 0.354. The van der Waals surface area contributed by atoms with E-state index in [-0.39, 0.29) is 0 Å². The Hall–Kier alpha value is -0.780. The van der Waals surface area contributed by atoms with Gasteiger partial charge in [0.15, 0.2) is 0 Å². The molecule has 0 spiro atoms. The molecule has 3 rings (SSSR count). The molecule has 5 nitrogen and oxygen atoms in total. The maximum atomic E-state index is 6.16. The third-order valence-electron chi connectivity index (χ3n) is 5.00. The first-order valence-electron chi connectivity index (χ1n) is 8.23.